The lowest BCUT2D eigenvalue weighted by Gasteiger charge is -2.31. The summed E-state index contributed by atoms with van der Waals surface area (Å²) in [7, 11) is 0. The van der Waals surface area contributed by atoms with Crippen molar-refractivity contribution >= 4 is 17.7 Å². The number of aliphatic carboxylic acids is 1. The highest BCUT2D eigenvalue weighted by molar-refractivity contribution is 8.00. The summed E-state index contributed by atoms with van der Waals surface area (Å²) in [5.74, 6) is 0.457. The average Bonchev–Trinajstić information content (AvgIpc) is 2.51. The number of hydrogen-bond donors (Lipinski definition) is 1. The molecular weight excluding hydrogens is 210 g/mol. The molecular formula is C11H21NO2S. The van der Waals surface area contributed by atoms with E-state index in [0.29, 0.717) is 18.6 Å². The van der Waals surface area contributed by atoms with E-state index in [1.165, 1.54) is 6.42 Å². The van der Waals surface area contributed by atoms with Gasteiger partial charge in [-0.2, -0.15) is 11.8 Å². The molecule has 15 heavy (non-hydrogen) atoms. The molecule has 0 aromatic heterocycles. The highest BCUT2D eigenvalue weighted by Gasteiger charge is 2.28. The van der Waals surface area contributed by atoms with Crippen molar-refractivity contribution in [1.29, 1.82) is 0 Å². The van der Waals surface area contributed by atoms with Gasteiger partial charge in [0.1, 0.15) is 0 Å². The van der Waals surface area contributed by atoms with Gasteiger partial charge in [-0.15, -0.1) is 0 Å². The molecule has 0 aromatic carbocycles. The molecule has 4 heteroatoms. The molecule has 2 unspecified atom stereocenters. The summed E-state index contributed by atoms with van der Waals surface area (Å²) in [5.41, 5.74) is 0. The zero-order chi connectivity index (χ0) is 11.4. The van der Waals surface area contributed by atoms with E-state index >= 15 is 0 Å². The highest BCUT2D eigenvalue weighted by atomic mass is 32.2. The Kier molecular flexibility index (Phi) is 4.93. The maximum atomic E-state index is 10.6. The van der Waals surface area contributed by atoms with Gasteiger partial charge in [-0.1, -0.05) is 6.92 Å². The van der Waals surface area contributed by atoms with Gasteiger partial charge < -0.3 is 5.11 Å². The topological polar surface area (TPSA) is 40.5 Å². The van der Waals surface area contributed by atoms with Crippen LogP contribution in [0.25, 0.3) is 0 Å². The summed E-state index contributed by atoms with van der Waals surface area (Å²) < 4.78 is 0. The first kappa shape index (κ1) is 12.8. The Morgan fingerprint density at radius 1 is 1.60 bits per heavy atom. The SMILES string of the molecule is CC1CC(N(CCC(=O)O)C(C)C)CS1. The van der Waals surface area contributed by atoms with Crippen molar-refractivity contribution in [3.63, 3.8) is 0 Å². The Labute approximate surface area is 96.2 Å². The number of nitrogens with zero attached hydrogens (tertiary/aromatic N) is 1. The molecule has 1 aliphatic rings. The van der Waals surface area contributed by atoms with Crippen molar-refractivity contribution in [2.45, 2.75) is 50.9 Å². The lowest BCUT2D eigenvalue weighted by molar-refractivity contribution is -0.137. The number of rotatable bonds is 5. The Bertz CT molecular complexity index is 221. The zero-order valence-corrected chi connectivity index (χ0v) is 10.6. The van der Waals surface area contributed by atoms with E-state index in [4.69, 9.17) is 5.11 Å². The van der Waals surface area contributed by atoms with Crippen LogP contribution in [0.4, 0.5) is 0 Å². The maximum Gasteiger partial charge on any atom is 0.304 e. The molecule has 0 spiro atoms. The van der Waals surface area contributed by atoms with Crippen molar-refractivity contribution in [3.8, 4) is 0 Å². The molecule has 0 amide bonds. The van der Waals surface area contributed by atoms with Crippen LogP contribution in [0.15, 0.2) is 0 Å². The van der Waals surface area contributed by atoms with Crippen molar-refractivity contribution in [1.82, 2.24) is 4.90 Å². The van der Waals surface area contributed by atoms with Gasteiger partial charge in [0, 0.05) is 29.6 Å². The molecule has 1 aliphatic heterocycles. The van der Waals surface area contributed by atoms with Crippen LogP contribution in [0.1, 0.15) is 33.6 Å². The van der Waals surface area contributed by atoms with Crippen LogP contribution in [-0.2, 0) is 4.79 Å². The van der Waals surface area contributed by atoms with Crippen LogP contribution in [0.5, 0.6) is 0 Å². The first-order valence-corrected chi connectivity index (χ1v) is 6.64. The quantitative estimate of drug-likeness (QED) is 0.786. The molecule has 1 fully saturated rings. The summed E-state index contributed by atoms with van der Waals surface area (Å²) in [5, 5.41) is 9.43. The van der Waals surface area contributed by atoms with Crippen LogP contribution >= 0.6 is 11.8 Å². The van der Waals surface area contributed by atoms with Gasteiger partial charge in [0.25, 0.3) is 0 Å². The molecule has 3 nitrogen and oxygen atoms in total. The van der Waals surface area contributed by atoms with Crippen LogP contribution in [0, 0.1) is 0 Å². The predicted molar refractivity (Wildman–Crippen MR) is 64.4 cm³/mol. The van der Waals surface area contributed by atoms with E-state index < -0.39 is 5.97 Å². The second-order valence-corrected chi connectivity index (χ2v) is 5.98. The molecule has 1 saturated heterocycles. The molecule has 0 aliphatic carbocycles. The van der Waals surface area contributed by atoms with Gasteiger partial charge in [-0.3, -0.25) is 9.69 Å². The molecule has 2 atom stereocenters. The normalized spacial score (nSPS) is 26.5. The Hall–Kier alpha value is -0.220. The summed E-state index contributed by atoms with van der Waals surface area (Å²) >= 11 is 2.00. The third kappa shape index (κ3) is 4.03. The largest absolute Gasteiger partial charge is 0.481 e. The molecule has 1 rings (SSSR count). The summed E-state index contributed by atoms with van der Waals surface area (Å²) in [4.78, 5) is 12.9. The lowest BCUT2D eigenvalue weighted by atomic mass is 10.1. The van der Waals surface area contributed by atoms with Crippen LogP contribution in [-0.4, -0.2) is 45.6 Å². The van der Waals surface area contributed by atoms with E-state index in [-0.39, 0.29) is 6.42 Å². The van der Waals surface area contributed by atoms with Gasteiger partial charge in [0.2, 0.25) is 0 Å². The fourth-order valence-corrected chi connectivity index (χ4v) is 3.35. The molecule has 0 saturated carbocycles. The Morgan fingerprint density at radius 3 is 2.67 bits per heavy atom. The third-order valence-electron chi connectivity index (χ3n) is 2.89. The minimum atomic E-state index is -0.695. The minimum absolute atomic E-state index is 0.258. The molecule has 1 N–H and O–H groups in total. The second-order valence-electron chi connectivity index (χ2n) is 4.51. The molecule has 1 heterocycles. The average molecular weight is 231 g/mol. The van der Waals surface area contributed by atoms with Crippen molar-refractivity contribution in [2.75, 3.05) is 12.3 Å². The fourth-order valence-electron chi connectivity index (χ4n) is 2.11. The summed E-state index contributed by atoms with van der Waals surface area (Å²) in [6, 6.07) is 1.02. The number of thioether (sulfide) groups is 1. The highest BCUT2D eigenvalue weighted by Crippen LogP contribution is 2.30. The molecule has 88 valence electrons. The van der Waals surface area contributed by atoms with Crippen molar-refractivity contribution < 1.29 is 9.90 Å². The fraction of sp³-hybridized carbons (Fsp3) is 0.909. The van der Waals surface area contributed by atoms with Crippen LogP contribution in [0.2, 0.25) is 0 Å². The van der Waals surface area contributed by atoms with Gasteiger partial charge in [-0.05, 0) is 20.3 Å². The zero-order valence-electron chi connectivity index (χ0n) is 9.77. The predicted octanol–water partition coefficient (Wildman–Crippen LogP) is 2.07. The molecule has 0 aromatic rings. The summed E-state index contributed by atoms with van der Waals surface area (Å²) in [6.45, 7) is 7.23. The lowest BCUT2D eigenvalue weighted by Crippen LogP contribution is -2.42. The van der Waals surface area contributed by atoms with Gasteiger partial charge in [-0.25, -0.2) is 0 Å². The van der Waals surface area contributed by atoms with Crippen molar-refractivity contribution in [2.24, 2.45) is 0 Å². The number of carboxylic acid groups (broad SMARTS) is 1. The molecule has 0 bridgehead atoms. The first-order valence-electron chi connectivity index (χ1n) is 5.60. The van der Waals surface area contributed by atoms with E-state index in [1.807, 2.05) is 11.8 Å². The van der Waals surface area contributed by atoms with E-state index in [1.54, 1.807) is 0 Å². The van der Waals surface area contributed by atoms with E-state index in [9.17, 15) is 4.79 Å². The smallest absolute Gasteiger partial charge is 0.304 e. The van der Waals surface area contributed by atoms with Gasteiger partial charge in [0.05, 0.1) is 6.42 Å². The summed E-state index contributed by atoms with van der Waals surface area (Å²) in [6.07, 6.45) is 1.45. The van der Waals surface area contributed by atoms with E-state index in [0.717, 1.165) is 11.0 Å². The van der Waals surface area contributed by atoms with Gasteiger partial charge in [0.15, 0.2) is 0 Å². The van der Waals surface area contributed by atoms with Crippen LogP contribution in [0.3, 0.4) is 0 Å². The number of carbonyl (C=O) groups is 1. The van der Waals surface area contributed by atoms with Crippen LogP contribution < -0.4 is 0 Å². The minimum Gasteiger partial charge on any atom is -0.481 e. The second kappa shape index (κ2) is 5.75. The molecule has 0 radical (unpaired) electrons. The maximum absolute atomic E-state index is 10.6. The Balaban J connectivity index is 2.46. The standard InChI is InChI=1S/C11H21NO2S/c1-8(2)12(5-4-11(13)14)10-6-9(3)15-7-10/h8-10H,4-7H2,1-3H3,(H,13,14). The van der Waals surface area contributed by atoms with Crippen molar-refractivity contribution in [3.05, 3.63) is 0 Å². The number of hydrogen-bond acceptors (Lipinski definition) is 3. The number of carboxylic acids is 1. The third-order valence-corrected chi connectivity index (χ3v) is 4.23. The van der Waals surface area contributed by atoms with E-state index in [2.05, 4.69) is 25.7 Å². The monoisotopic (exact) mass is 231 g/mol. The Morgan fingerprint density at radius 2 is 2.27 bits per heavy atom. The first-order chi connectivity index (χ1) is 7.00. The van der Waals surface area contributed by atoms with Gasteiger partial charge >= 0.3 is 5.97 Å².